The van der Waals surface area contributed by atoms with Crippen molar-refractivity contribution in [2.75, 3.05) is 0 Å². The Balaban J connectivity index is 1.36. The zero-order valence-corrected chi connectivity index (χ0v) is 22.1. The lowest BCUT2D eigenvalue weighted by Gasteiger charge is -2.14. The van der Waals surface area contributed by atoms with E-state index < -0.39 is 0 Å². The number of unbranched alkanes of at least 4 members (excludes halogenated alkanes) is 1. The van der Waals surface area contributed by atoms with Gasteiger partial charge in [-0.3, -0.25) is 4.79 Å². The van der Waals surface area contributed by atoms with Crippen LogP contribution in [0.3, 0.4) is 0 Å². The molecule has 9 nitrogen and oxygen atoms in total. The van der Waals surface area contributed by atoms with Crippen molar-refractivity contribution >= 4 is 22.7 Å². The van der Waals surface area contributed by atoms with Gasteiger partial charge in [-0.25, -0.2) is 10.4 Å². The first-order valence-electron chi connectivity index (χ1n) is 13.4. The van der Waals surface area contributed by atoms with Crippen molar-refractivity contribution in [1.29, 1.82) is 0 Å². The van der Waals surface area contributed by atoms with Gasteiger partial charge >= 0.3 is 0 Å². The summed E-state index contributed by atoms with van der Waals surface area (Å²) in [5.74, 6) is 1.64. The maximum absolute atomic E-state index is 11.6. The maximum Gasteiger partial charge on any atom is 0.240 e. The summed E-state index contributed by atoms with van der Waals surface area (Å²) in [6, 6.07) is 21.0. The normalized spacial score (nSPS) is 13.5. The van der Waals surface area contributed by atoms with E-state index in [2.05, 4.69) is 92.0 Å². The molecule has 0 fully saturated rings. The zero-order chi connectivity index (χ0) is 26.8. The fraction of sp³-hybridized carbons (Fsp3) is 0.267. The number of amides is 1. The minimum atomic E-state index is -0.0354. The Labute approximate surface area is 226 Å². The van der Waals surface area contributed by atoms with Crippen LogP contribution in [0.5, 0.6) is 0 Å². The number of hydrogen-bond donors (Lipinski definition) is 2. The maximum atomic E-state index is 11.6. The van der Waals surface area contributed by atoms with E-state index in [-0.39, 0.29) is 5.91 Å². The summed E-state index contributed by atoms with van der Waals surface area (Å²) in [6.45, 7) is 5.02. The Hall–Kier alpha value is -4.66. The molecule has 1 aliphatic rings. The van der Waals surface area contributed by atoms with Crippen LogP contribution >= 0.6 is 0 Å². The first-order chi connectivity index (χ1) is 19.1. The number of fused-ring (bicyclic) bond motifs is 1. The van der Waals surface area contributed by atoms with Gasteiger partial charge in [-0.15, -0.1) is 10.2 Å². The molecule has 39 heavy (non-hydrogen) atoms. The second kappa shape index (κ2) is 10.6. The number of rotatable bonds is 8. The summed E-state index contributed by atoms with van der Waals surface area (Å²) in [5, 5.41) is 18.9. The molecule has 9 heteroatoms. The largest absolute Gasteiger partial charge is 0.323 e. The van der Waals surface area contributed by atoms with E-state index in [9.17, 15) is 4.79 Å². The second-order valence-corrected chi connectivity index (χ2v) is 9.95. The van der Waals surface area contributed by atoms with Crippen molar-refractivity contribution in [2.24, 2.45) is 5.10 Å². The van der Waals surface area contributed by atoms with Crippen LogP contribution in [0.4, 0.5) is 0 Å². The van der Waals surface area contributed by atoms with E-state index in [1.165, 1.54) is 5.56 Å². The Morgan fingerprint density at radius 1 is 0.974 bits per heavy atom. The Bertz CT molecular complexity index is 1670. The lowest BCUT2D eigenvalue weighted by molar-refractivity contribution is -0.121. The first-order valence-corrected chi connectivity index (χ1v) is 13.4. The van der Waals surface area contributed by atoms with E-state index in [0.29, 0.717) is 25.2 Å². The van der Waals surface area contributed by atoms with Crippen LogP contribution in [0.1, 0.15) is 55.1 Å². The molecular weight excluding hydrogens is 488 g/mol. The number of H-pyrrole nitrogens is 1. The van der Waals surface area contributed by atoms with E-state index in [1.807, 2.05) is 18.2 Å². The predicted molar refractivity (Wildman–Crippen MR) is 151 cm³/mol. The minimum Gasteiger partial charge on any atom is -0.323 e. The Kier molecular flexibility index (Phi) is 6.71. The van der Waals surface area contributed by atoms with Crippen molar-refractivity contribution < 1.29 is 4.79 Å². The molecule has 3 aromatic carbocycles. The Morgan fingerprint density at radius 3 is 2.51 bits per heavy atom. The molecule has 0 unspecified atom stereocenters. The molecule has 0 bridgehead atoms. The van der Waals surface area contributed by atoms with Gasteiger partial charge in [0, 0.05) is 36.9 Å². The lowest BCUT2D eigenvalue weighted by atomic mass is 9.98. The third kappa shape index (κ3) is 4.95. The molecule has 5 aromatic rings. The number of carbonyl (C=O) groups is 1. The summed E-state index contributed by atoms with van der Waals surface area (Å²) in [4.78, 5) is 16.7. The smallest absolute Gasteiger partial charge is 0.240 e. The average Bonchev–Trinajstić information content (AvgIpc) is 3.62. The summed E-state index contributed by atoms with van der Waals surface area (Å²) in [7, 11) is 0. The monoisotopic (exact) mass is 518 g/mol. The van der Waals surface area contributed by atoms with Crippen LogP contribution < -0.4 is 5.43 Å². The fourth-order valence-corrected chi connectivity index (χ4v) is 5.17. The van der Waals surface area contributed by atoms with Gasteiger partial charge in [0.2, 0.25) is 11.7 Å². The summed E-state index contributed by atoms with van der Waals surface area (Å²) in [6.07, 6.45) is 4.21. The summed E-state index contributed by atoms with van der Waals surface area (Å²) in [5.41, 5.74) is 12.1. The van der Waals surface area contributed by atoms with Gasteiger partial charge in [-0.05, 0) is 52.9 Å². The number of hydrogen-bond acceptors (Lipinski definition) is 6. The van der Waals surface area contributed by atoms with Crippen LogP contribution in [-0.4, -0.2) is 41.8 Å². The average molecular weight is 519 g/mol. The zero-order valence-electron chi connectivity index (χ0n) is 22.1. The number of benzene rings is 3. The molecule has 1 aliphatic heterocycles. The van der Waals surface area contributed by atoms with Crippen molar-refractivity contribution in [3.8, 4) is 22.5 Å². The van der Waals surface area contributed by atoms with Crippen molar-refractivity contribution in [3.63, 3.8) is 0 Å². The molecule has 2 aromatic heterocycles. The number of aromatic nitrogens is 6. The van der Waals surface area contributed by atoms with Gasteiger partial charge in [0.05, 0.1) is 16.7 Å². The highest BCUT2D eigenvalue weighted by Crippen LogP contribution is 2.31. The molecule has 196 valence electrons. The molecule has 1 amide bonds. The molecule has 0 saturated carbocycles. The number of aryl methyl sites for hydroxylation is 2. The molecule has 6 rings (SSSR count). The van der Waals surface area contributed by atoms with Gasteiger partial charge < -0.3 is 4.57 Å². The van der Waals surface area contributed by atoms with Gasteiger partial charge in [-0.1, -0.05) is 61.9 Å². The number of nitrogens with zero attached hydrogens (tertiary/aromatic N) is 6. The van der Waals surface area contributed by atoms with E-state index in [0.717, 1.165) is 69.6 Å². The number of nitrogens with one attached hydrogen (secondary N) is 2. The van der Waals surface area contributed by atoms with Gasteiger partial charge in [0.25, 0.3) is 0 Å². The number of carbonyl (C=O) groups excluding carboxylic acids is 1. The first kappa shape index (κ1) is 24.7. The third-order valence-corrected chi connectivity index (χ3v) is 7.23. The molecule has 0 radical (unpaired) electrons. The number of tetrazole rings is 1. The van der Waals surface area contributed by atoms with Crippen LogP contribution in [0.2, 0.25) is 0 Å². The summed E-state index contributed by atoms with van der Waals surface area (Å²) >= 11 is 0. The van der Waals surface area contributed by atoms with Gasteiger partial charge in [0.1, 0.15) is 5.82 Å². The third-order valence-electron chi connectivity index (χ3n) is 7.23. The summed E-state index contributed by atoms with van der Waals surface area (Å²) < 4.78 is 2.34. The molecule has 0 atom stereocenters. The second-order valence-electron chi connectivity index (χ2n) is 9.95. The highest BCUT2D eigenvalue weighted by Gasteiger charge is 2.19. The molecule has 0 aliphatic carbocycles. The van der Waals surface area contributed by atoms with Crippen LogP contribution in [-0.2, 0) is 17.8 Å². The molecule has 0 saturated heterocycles. The van der Waals surface area contributed by atoms with Crippen molar-refractivity contribution in [1.82, 2.24) is 35.6 Å². The minimum absolute atomic E-state index is 0.0354. The van der Waals surface area contributed by atoms with Crippen molar-refractivity contribution in [3.05, 3.63) is 83.2 Å². The van der Waals surface area contributed by atoms with Crippen LogP contribution in [0.25, 0.3) is 33.5 Å². The van der Waals surface area contributed by atoms with Crippen molar-refractivity contribution in [2.45, 2.75) is 52.5 Å². The quantitative estimate of drug-likeness (QED) is 0.293. The molecular formula is C30H30N8O. The standard InChI is InChI=1S/C30H30N8O/c1-3-4-9-27-31-29-19(2)16-22(25-14-15-28(39)33-32-25)17-26(29)38(27)18-20-10-12-21(13-11-20)23-7-5-6-8-24(23)30-34-36-37-35-30/h5-8,10-13,16-17H,3-4,9,14-15,18H2,1-2H3,(H,33,39)(H,34,35,36,37). The molecule has 0 spiro atoms. The topological polar surface area (TPSA) is 114 Å². The van der Waals surface area contributed by atoms with E-state index in [1.54, 1.807) is 0 Å². The van der Waals surface area contributed by atoms with E-state index >= 15 is 0 Å². The van der Waals surface area contributed by atoms with E-state index in [4.69, 9.17) is 4.98 Å². The number of imidazole rings is 1. The number of hydrazone groups is 1. The van der Waals surface area contributed by atoms with Crippen LogP contribution in [0.15, 0.2) is 65.8 Å². The lowest BCUT2D eigenvalue weighted by Crippen LogP contribution is -2.26. The van der Waals surface area contributed by atoms with Crippen LogP contribution in [0, 0.1) is 6.92 Å². The van der Waals surface area contributed by atoms with Gasteiger partial charge in [-0.2, -0.15) is 10.3 Å². The Morgan fingerprint density at radius 2 is 1.79 bits per heavy atom. The highest BCUT2D eigenvalue weighted by atomic mass is 16.2. The molecule has 3 heterocycles. The SMILES string of the molecule is CCCCc1nc2c(C)cc(C3=NNC(=O)CC3)cc2n1Cc1ccc(-c2ccccc2-c2nn[nH]n2)cc1. The molecule has 2 N–H and O–H groups in total. The predicted octanol–water partition coefficient (Wildman–Crippen LogP) is 5.20. The highest BCUT2D eigenvalue weighted by molar-refractivity contribution is 6.06. The number of aromatic amines is 1. The van der Waals surface area contributed by atoms with Gasteiger partial charge in [0.15, 0.2) is 0 Å². The fourth-order valence-electron chi connectivity index (χ4n) is 5.17.